The van der Waals surface area contributed by atoms with Gasteiger partial charge in [-0.2, -0.15) is 5.10 Å². The fourth-order valence-electron chi connectivity index (χ4n) is 1.70. The van der Waals surface area contributed by atoms with E-state index in [2.05, 4.69) is 15.5 Å². The molecule has 5 heteroatoms. The summed E-state index contributed by atoms with van der Waals surface area (Å²) in [6, 6.07) is 9.57. The van der Waals surface area contributed by atoms with E-state index in [1.165, 1.54) is 0 Å². The Morgan fingerprint density at radius 3 is 3.05 bits per heavy atom. The van der Waals surface area contributed by atoms with Gasteiger partial charge in [-0.3, -0.25) is 9.78 Å². The molecule has 0 aliphatic rings. The average molecular weight is 257 g/mol. The lowest BCUT2D eigenvalue weighted by Gasteiger charge is -2.01. The number of carbonyl (C=O) groups is 1. The number of aromatic nitrogens is 1. The highest BCUT2D eigenvalue weighted by Crippen LogP contribution is 2.13. The molecule has 19 heavy (non-hydrogen) atoms. The Morgan fingerprint density at radius 1 is 1.37 bits per heavy atom. The van der Waals surface area contributed by atoms with Crippen LogP contribution in [0.4, 0.5) is 0 Å². The number of carbonyl (C=O) groups excluding carboxylic acids is 1. The molecule has 0 unspecified atom stereocenters. The summed E-state index contributed by atoms with van der Waals surface area (Å²) in [5.74, 6) is -0.205. The summed E-state index contributed by atoms with van der Waals surface area (Å²) in [5, 5.41) is 13.5. The van der Waals surface area contributed by atoms with Crippen LogP contribution in [0, 0.1) is 0 Å². The third-order valence-electron chi connectivity index (χ3n) is 2.64. The molecule has 1 aromatic heterocycles. The van der Waals surface area contributed by atoms with Gasteiger partial charge in [-0.05, 0) is 18.6 Å². The predicted molar refractivity (Wildman–Crippen MR) is 73.8 cm³/mol. The Bertz CT molecular complexity index is 591. The second-order valence-electron chi connectivity index (χ2n) is 4.04. The van der Waals surface area contributed by atoms with Crippen LogP contribution in [0.15, 0.2) is 41.6 Å². The van der Waals surface area contributed by atoms with Gasteiger partial charge in [-0.1, -0.05) is 18.2 Å². The number of para-hydroxylation sites is 1. The van der Waals surface area contributed by atoms with E-state index in [0.717, 1.165) is 16.5 Å². The molecule has 0 bridgehead atoms. The predicted octanol–water partition coefficient (Wildman–Crippen LogP) is 1.46. The second kappa shape index (κ2) is 6.61. The molecule has 2 rings (SSSR count). The van der Waals surface area contributed by atoms with E-state index in [0.29, 0.717) is 6.42 Å². The number of hydrazone groups is 1. The van der Waals surface area contributed by atoms with Crippen molar-refractivity contribution in [2.24, 2.45) is 5.10 Å². The van der Waals surface area contributed by atoms with Crippen LogP contribution >= 0.6 is 0 Å². The minimum Gasteiger partial charge on any atom is -0.396 e. The molecule has 98 valence electrons. The molecule has 0 atom stereocenters. The van der Waals surface area contributed by atoms with Crippen LogP contribution in [-0.4, -0.2) is 28.8 Å². The van der Waals surface area contributed by atoms with Crippen molar-refractivity contribution in [3.8, 4) is 0 Å². The quantitative estimate of drug-likeness (QED) is 0.629. The van der Waals surface area contributed by atoms with Gasteiger partial charge in [0.15, 0.2) is 0 Å². The lowest BCUT2D eigenvalue weighted by Crippen LogP contribution is -2.17. The summed E-state index contributed by atoms with van der Waals surface area (Å²) in [6.45, 7) is 0.00608. The Balaban J connectivity index is 2.07. The van der Waals surface area contributed by atoms with Gasteiger partial charge >= 0.3 is 0 Å². The number of aliphatic hydroxyl groups excluding tert-OH is 1. The van der Waals surface area contributed by atoms with E-state index in [-0.39, 0.29) is 18.9 Å². The summed E-state index contributed by atoms with van der Waals surface area (Å²) < 4.78 is 0. The zero-order valence-electron chi connectivity index (χ0n) is 10.4. The van der Waals surface area contributed by atoms with Crippen LogP contribution in [0.5, 0.6) is 0 Å². The smallest absolute Gasteiger partial charge is 0.240 e. The van der Waals surface area contributed by atoms with Crippen LogP contribution in [0.1, 0.15) is 18.4 Å². The second-order valence-corrected chi connectivity index (χ2v) is 4.04. The Kier molecular flexibility index (Phi) is 4.58. The number of amides is 1. The fourth-order valence-corrected chi connectivity index (χ4v) is 1.70. The maximum atomic E-state index is 11.3. The molecule has 0 saturated heterocycles. The largest absolute Gasteiger partial charge is 0.396 e. The first-order valence-electron chi connectivity index (χ1n) is 6.08. The maximum Gasteiger partial charge on any atom is 0.240 e. The Hall–Kier alpha value is -2.27. The molecular weight excluding hydrogens is 242 g/mol. The summed E-state index contributed by atoms with van der Waals surface area (Å²) >= 11 is 0. The highest BCUT2D eigenvalue weighted by molar-refractivity contribution is 5.98. The molecular formula is C14H15N3O2. The number of fused-ring (bicyclic) bond motifs is 1. The molecule has 2 aromatic rings. The fraction of sp³-hybridized carbons (Fsp3) is 0.214. The molecule has 5 nitrogen and oxygen atoms in total. The molecule has 0 spiro atoms. The number of hydrogen-bond acceptors (Lipinski definition) is 4. The first kappa shape index (κ1) is 13.2. The van der Waals surface area contributed by atoms with Crippen LogP contribution in [-0.2, 0) is 4.79 Å². The van der Waals surface area contributed by atoms with Crippen molar-refractivity contribution in [2.45, 2.75) is 12.8 Å². The van der Waals surface area contributed by atoms with Gasteiger partial charge < -0.3 is 5.11 Å². The van der Waals surface area contributed by atoms with Gasteiger partial charge in [0.25, 0.3) is 0 Å². The molecule has 1 aromatic carbocycles. The lowest BCUT2D eigenvalue weighted by molar-refractivity contribution is -0.121. The van der Waals surface area contributed by atoms with Crippen molar-refractivity contribution in [1.29, 1.82) is 0 Å². The van der Waals surface area contributed by atoms with E-state index in [9.17, 15) is 4.79 Å². The summed E-state index contributed by atoms with van der Waals surface area (Å²) in [5.41, 5.74) is 4.21. The zero-order valence-corrected chi connectivity index (χ0v) is 10.4. The van der Waals surface area contributed by atoms with Crippen LogP contribution in [0.25, 0.3) is 10.9 Å². The highest BCUT2D eigenvalue weighted by atomic mass is 16.3. The van der Waals surface area contributed by atoms with Gasteiger partial charge in [-0.25, -0.2) is 5.43 Å². The third kappa shape index (κ3) is 3.59. The molecule has 0 aliphatic heterocycles. The highest BCUT2D eigenvalue weighted by Gasteiger charge is 2.00. The zero-order chi connectivity index (χ0) is 13.5. The minimum absolute atomic E-state index is 0.00608. The van der Waals surface area contributed by atoms with Crippen molar-refractivity contribution >= 4 is 23.0 Å². The number of pyridine rings is 1. The van der Waals surface area contributed by atoms with Crippen molar-refractivity contribution in [2.75, 3.05) is 6.61 Å². The van der Waals surface area contributed by atoms with Crippen molar-refractivity contribution < 1.29 is 9.90 Å². The maximum absolute atomic E-state index is 11.3. The van der Waals surface area contributed by atoms with E-state index in [1.54, 1.807) is 12.4 Å². The number of hydrogen-bond donors (Lipinski definition) is 2. The topological polar surface area (TPSA) is 74.6 Å². The van der Waals surface area contributed by atoms with Crippen molar-refractivity contribution in [3.63, 3.8) is 0 Å². The van der Waals surface area contributed by atoms with Crippen LogP contribution in [0.3, 0.4) is 0 Å². The minimum atomic E-state index is -0.205. The molecule has 2 N–H and O–H groups in total. The number of benzene rings is 1. The molecule has 0 fully saturated rings. The SMILES string of the molecule is O=C(CCCO)NN=Cc1ccnc2ccccc12. The Labute approximate surface area is 111 Å². The number of aliphatic hydroxyl groups is 1. The molecule has 0 radical (unpaired) electrons. The molecule has 0 aliphatic carbocycles. The third-order valence-corrected chi connectivity index (χ3v) is 2.64. The molecule has 1 heterocycles. The lowest BCUT2D eigenvalue weighted by atomic mass is 10.1. The van der Waals surface area contributed by atoms with Crippen molar-refractivity contribution in [3.05, 3.63) is 42.1 Å². The van der Waals surface area contributed by atoms with Gasteiger partial charge in [0.05, 0.1) is 11.7 Å². The first-order valence-corrected chi connectivity index (χ1v) is 6.08. The van der Waals surface area contributed by atoms with Crippen LogP contribution in [0.2, 0.25) is 0 Å². The summed E-state index contributed by atoms with van der Waals surface area (Å²) in [7, 11) is 0. The van der Waals surface area contributed by atoms with E-state index >= 15 is 0 Å². The normalized spacial score (nSPS) is 11.0. The van der Waals surface area contributed by atoms with Crippen molar-refractivity contribution in [1.82, 2.24) is 10.4 Å². The monoisotopic (exact) mass is 257 g/mol. The Morgan fingerprint density at radius 2 is 2.21 bits per heavy atom. The van der Waals surface area contributed by atoms with Gasteiger partial charge in [0, 0.05) is 30.2 Å². The molecule has 1 amide bonds. The van der Waals surface area contributed by atoms with Gasteiger partial charge in [0.1, 0.15) is 0 Å². The average Bonchev–Trinajstić information content (AvgIpc) is 2.45. The first-order chi connectivity index (χ1) is 9.31. The standard InChI is InChI=1S/C14H15N3O2/c18-9-3-6-14(19)17-16-10-11-7-8-15-13-5-2-1-4-12(11)13/h1-2,4-5,7-8,10,18H,3,6,9H2,(H,17,19). The number of nitrogens with zero attached hydrogens (tertiary/aromatic N) is 2. The molecule has 0 saturated carbocycles. The van der Waals surface area contributed by atoms with Gasteiger partial charge in [-0.15, -0.1) is 0 Å². The summed E-state index contributed by atoms with van der Waals surface area (Å²) in [6.07, 6.45) is 4.02. The number of nitrogens with one attached hydrogen (secondary N) is 1. The van der Waals surface area contributed by atoms with Crippen LogP contribution < -0.4 is 5.43 Å². The van der Waals surface area contributed by atoms with E-state index in [4.69, 9.17) is 5.11 Å². The summed E-state index contributed by atoms with van der Waals surface area (Å²) in [4.78, 5) is 15.6. The van der Waals surface area contributed by atoms with E-state index < -0.39 is 0 Å². The van der Waals surface area contributed by atoms with E-state index in [1.807, 2.05) is 30.3 Å². The van der Waals surface area contributed by atoms with Gasteiger partial charge in [0.2, 0.25) is 5.91 Å². The number of rotatable bonds is 5.